The average molecular weight is 317 g/mol. The van der Waals surface area contributed by atoms with Gasteiger partial charge in [0.2, 0.25) is 5.91 Å². The van der Waals surface area contributed by atoms with E-state index in [2.05, 4.69) is 5.32 Å². The quantitative estimate of drug-likeness (QED) is 0.493. The van der Waals surface area contributed by atoms with Crippen LogP contribution in [0.2, 0.25) is 0 Å². The Morgan fingerprint density at radius 1 is 1.09 bits per heavy atom. The largest absolute Gasteiger partial charge is 0.506 e. The molecular formula is C14H11N3O6. The second kappa shape index (κ2) is 6.52. The number of carbonyl (C=O) groups excluding carboxylic acids is 1. The number of nitrogens with one attached hydrogen (secondary N) is 1. The molecule has 0 spiro atoms. The first-order chi connectivity index (χ1) is 10.9. The molecule has 1 amide bonds. The standard InChI is InChI=1S/C14H11N3O6/c18-13-6-5-10(16(20)21)8-11(13)15-14(19)7-9-3-1-2-4-12(9)17(22)23/h1-6,8,18H,7H2,(H,15,19). The highest BCUT2D eigenvalue weighted by Gasteiger charge is 2.17. The molecule has 118 valence electrons. The van der Waals surface area contributed by atoms with Crippen LogP contribution in [0.25, 0.3) is 0 Å². The van der Waals surface area contributed by atoms with Gasteiger partial charge in [-0.1, -0.05) is 18.2 Å². The summed E-state index contributed by atoms with van der Waals surface area (Å²) in [5.74, 6) is -0.985. The number of carbonyl (C=O) groups is 1. The zero-order valence-corrected chi connectivity index (χ0v) is 11.6. The minimum absolute atomic E-state index is 0.136. The van der Waals surface area contributed by atoms with Crippen LogP contribution in [0.4, 0.5) is 17.1 Å². The van der Waals surface area contributed by atoms with Crippen molar-refractivity contribution in [1.82, 2.24) is 0 Å². The predicted octanol–water partition coefficient (Wildman–Crippen LogP) is 2.39. The summed E-state index contributed by atoms with van der Waals surface area (Å²) in [7, 11) is 0. The summed E-state index contributed by atoms with van der Waals surface area (Å²) in [5, 5.41) is 33.5. The van der Waals surface area contributed by atoms with Crippen LogP contribution in [0.3, 0.4) is 0 Å². The summed E-state index contributed by atoms with van der Waals surface area (Å²) in [6.07, 6.45) is -0.306. The molecule has 2 rings (SSSR count). The van der Waals surface area contributed by atoms with Crippen molar-refractivity contribution in [1.29, 1.82) is 0 Å². The van der Waals surface area contributed by atoms with Gasteiger partial charge in [0.15, 0.2) is 0 Å². The highest BCUT2D eigenvalue weighted by atomic mass is 16.6. The maximum Gasteiger partial charge on any atom is 0.273 e. The molecule has 2 N–H and O–H groups in total. The number of nitrogens with zero attached hydrogens (tertiary/aromatic N) is 2. The van der Waals surface area contributed by atoms with E-state index in [0.29, 0.717) is 0 Å². The SMILES string of the molecule is O=C(Cc1ccccc1[N+](=O)[O-])Nc1cc([N+](=O)[O-])ccc1O. The van der Waals surface area contributed by atoms with Gasteiger partial charge >= 0.3 is 0 Å². The lowest BCUT2D eigenvalue weighted by atomic mass is 10.1. The van der Waals surface area contributed by atoms with Gasteiger partial charge in [0.1, 0.15) is 5.75 Å². The van der Waals surface area contributed by atoms with Gasteiger partial charge < -0.3 is 10.4 Å². The molecule has 0 unspecified atom stereocenters. The van der Waals surface area contributed by atoms with E-state index in [1.54, 1.807) is 6.07 Å². The lowest BCUT2D eigenvalue weighted by Gasteiger charge is -2.07. The van der Waals surface area contributed by atoms with E-state index in [9.17, 15) is 30.1 Å². The molecule has 0 saturated carbocycles. The normalized spacial score (nSPS) is 10.1. The highest BCUT2D eigenvalue weighted by Crippen LogP contribution is 2.28. The van der Waals surface area contributed by atoms with Crippen molar-refractivity contribution in [2.45, 2.75) is 6.42 Å². The average Bonchev–Trinajstić information content (AvgIpc) is 2.49. The van der Waals surface area contributed by atoms with Crippen molar-refractivity contribution in [3.63, 3.8) is 0 Å². The molecule has 2 aromatic carbocycles. The molecule has 0 fully saturated rings. The molecule has 0 aliphatic heterocycles. The molecule has 0 heterocycles. The number of hydrogen-bond acceptors (Lipinski definition) is 6. The molecule has 9 heteroatoms. The van der Waals surface area contributed by atoms with E-state index in [4.69, 9.17) is 0 Å². The molecule has 23 heavy (non-hydrogen) atoms. The van der Waals surface area contributed by atoms with Crippen LogP contribution < -0.4 is 5.32 Å². The maximum absolute atomic E-state index is 12.0. The third kappa shape index (κ3) is 3.79. The first-order valence-electron chi connectivity index (χ1n) is 6.38. The summed E-state index contributed by atoms with van der Waals surface area (Å²) < 4.78 is 0. The second-order valence-corrected chi connectivity index (χ2v) is 4.57. The van der Waals surface area contributed by atoms with E-state index in [0.717, 1.165) is 18.2 Å². The van der Waals surface area contributed by atoms with Crippen LogP contribution in [0.1, 0.15) is 5.56 Å². The van der Waals surface area contributed by atoms with Crippen LogP contribution in [0.5, 0.6) is 5.75 Å². The first-order valence-corrected chi connectivity index (χ1v) is 6.38. The Balaban J connectivity index is 2.19. The number of non-ortho nitro benzene ring substituents is 1. The molecule has 9 nitrogen and oxygen atoms in total. The van der Waals surface area contributed by atoms with Gasteiger partial charge in [-0.05, 0) is 6.07 Å². The fraction of sp³-hybridized carbons (Fsp3) is 0.0714. The Morgan fingerprint density at radius 2 is 1.78 bits per heavy atom. The van der Waals surface area contributed by atoms with E-state index >= 15 is 0 Å². The Kier molecular flexibility index (Phi) is 4.50. The Hall–Kier alpha value is -3.49. The number of nitro groups is 2. The van der Waals surface area contributed by atoms with Crippen molar-refractivity contribution >= 4 is 23.0 Å². The lowest BCUT2D eigenvalue weighted by molar-refractivity contribution is -0.385. The molecule has 0 aromatic heterocycles. The molecule has 2 aromatic rings. The molecule has 0 aliphatic carbocycles. The summed E-state index contributed by atoms with van der Waals surface area (Å²) in [6, 6.07) is 8.92. The van der Waals surface area contributed by atoms with Gasteiger partial charge in [-0.25, -0.2) is 0 Å². The van der Waals surface area contributed by atoms with Crippen LogP contribution >= 0.6 is 0 Å². The number of phenolic OH excluding ortho intramolecular Hbond substituents is 1. The number of hydrogen-bond donors (Lipinski definition) is 2. The first kappa shape index (κ1) is 15.9. The van der Waals surface area contributed by atoms with Crippen molar-refractivity contribution < 1.29 is 19.7 Å². The number of aromatic hydroxyl groups is 1. The minimum atomic E-state index is -0.670. The lowest BCUT2D eigenvalue weighted by Crippen LogP contribution is -2.15. The number of rotatable bonds is 5. The number of anilines is 1. The van der Waals surface area contributed by atoms with Crippen molar-refractivity contribution in [2.24, 2.45) is 0 Å². The van der Waals surface area contributed by atoms with Gasteiger partial charge in [-0.15, -0.1) is 0 Å². The van der Waals surface area contributed by atoms with Gasteiger partial charge in [0.05, 0.1) is 22.0 Å². The molecular weight excluding hydrogens is 306 g/mol. The van der Waals surface area contributed by atoms with Crippen molar-refractivity contribution in [3.8, 4) is 5.75 Å². The number of para-hydroxylation sites is 1. The third-order valence-corrected chi connectivity index (χ3v) is 3.00. The molecule has 0 radical (unpaired) electrons. The molecule has 0 aliphatic rings. The number of amides is 1. The third-order valence-electron chi connectivity index (χ3n) is 3.00. The maximum atomic E-state index is 12.0. The van der Waals surface area contributed by atoms with Crippen LogP contribution in [-0.2, 0) is 11.2 Å². The Labute approximate surface area is 129 Å². The topological polar surface area (TPSA) is 136 Å². The minimum Gasteiger partial charge on any atom is -0.506 e. The molecule has 0 saturated heterocycles. The monoisotopic (exact) mass is 317 g/mol. The van der Waals surface area contributed by atoms with Crippen molar-refractivity contribution in [2.75, 3.05) is 5.32 Å². The van der Waals surface area contributed by atoms with Gasteiger partial charge in [0.25, 0.3) is 11.4 Å². The summed E-state index contributed by atoms with van der Waals surface area (Å²) >= 11 is 0. The van der Waals surface area contributed by atoms with Gasteiger partial charge in [-0.2, -0.15) is 0 Å². The van der Waals surface area contributed by atoms with E-state index in [-0.39, 0.29) is 34.8 Å². The molecule has 0 atom stereocenters. The molecule has 0 bridgehead atoms. The zero-order valence-electron chi connectivity index (χ0n) is 11.6. The Bertz CT molecular complexity index is 790. The highest BCUT2D eigenvalue weighted by molar-refractivity contribution is 5.94. The predicted molar refractivity (Wildman–Crippen MR) is 80.2 cm³/mol. The van der Waals surface area contributed by atoms with Crippen LogP contribution in [-0.4, -0.2) is 20.9 Å². The van der Waals surface area contributed by atoms with E-state index in [1.807, 2.05) is 0 Å². The van der Waals surface area contributed by atoms with Crippen molar-refractivity contribution in [3.05, 3.63) is 68.3 Å². The van der Waals surface area contributed by atoms with E-state index < -0.39 is 15.8 Å². The van der Waals surface area contributed by atoms with E-state index in [1.165, 1.54) is 18.2 Å². The number of nitro benzene ring substituents is 2. The zero-order chi connectivity index (χ0) is 17.0. The fourth-order valence-corrected chi connectivity index (χ4v) is 1.94. The van der Waals surface area contributed by atoms with Gasteiger partial charge in [0, 0.05) is 23.8 Å². The Morgan fingerprint density at radius 3 is 2.43 bits per heavy atom. The number of phenols is 1. The van der Waals surface area contributed by atoms with Crippen LogP contribution in [0, 0.1) is 20.2 Å². The van der Waals surface area contributed by atoms with Crippen LogP contribution in [0.15, 0.2) is 42.5 Å². The summed E-state index contributed by atoms with van der Waals surface area (Å²) in [6.45, 7) is 0. The smallest absolute Gasteiger partial charge is 0.273 e. The van der Waals surface area contributed by atoms with Gasteiger partial charge in [-0.3, -0.25) is 25.0 Å². The fourth-order valence-electron chi connectivity index (χ4n) is 1.94. The summed E-state index contributed by atoms with van der Waals surface area (Å²) in [4.78, 5) is 32.3. The second-order valence-electron chi connectivity index (χ2n) is 4.57. The summed E-state index contributed by atoms with van der Waals surface area (Å²) in [5.41, 5.74) is -0.447. The number of benzene rings is 2.